The number of ether oxygens (including phenoxy) is 1. The van der Waals surface area contributed by atoms with Crippen LogP contribution < -0.4 is 0 Å². The summed E-state index contributed by atoms with van der Waals surface area (Å²) in [5.41, 5.74) is 0. The molecule has 1 heterocycles. The van der Waals surface area contributed by atoms with E-state index in [1.54, 1.807) is 0 Å². The van der Waals surface area contributed by atoms with Gasteiger partial charge in [-0.25, -0.2) is 9.59 Å². The smallest absolute Gasteiger partial charge is 0.408 e. The standard InChI is InChI=1S/C5H7NO4/c1-10-4(7)3-2-6(3)5(8)9/h3H,2H2,1H3,(H,8,9)/t3-,6?/m0/s1. The van der Waals surface area contributed by atoms with Crippen LogP contribution in [0.15, 0.2) is 0 Å². The number of carbonyl (C=O) groups is 2. The number of nitrogens with zero attached hydrogens (tertiary/aromatic N) is 1. The van der Waals surface area contributed by atoms with Gasteiger partial charge in [0.15, 0.2) is 6.04 Å². The van der Waals surface area contributed by atoms with Gasteiger partial charge in [-0.1, -0.05) is 0 Å². The minimum Gasteiger partial charge on any atom is -0.467 e. The van der Waals surface area contributed by atoms with Gasteiger partial charge in [-0.2, -0.15) is 0 Å². The number of hydrogen-bond donors (Lipinski definition) is 1. The molecule has 1 atom stereocenters. The van der Waals surface area contributed by atoms with Crippen molar-refractivity contribution in [2.75, 3.05) is 13.7 Å². The van der Waals surface area contributed by atoms with Crippen molar-refractivity contribution >= 4 is 12.1 Å². The summed E-state index contributed by atoms with van der Waals surface area (Å²) in [5.74, 6) is -0.484. The summed E-state index contributed by atoms with van der Waals surface area (Å²) in [5, 5.41) is 8.29. The highest BCUT2D eigenvalue weighted by atomic mass is 16.5. The molecular formula is C5H7NO4. The summed E-state index contributed by atoms with van der Waals surface area (Å²) >= 11 is 0. The van der Waals surface area contributed by atoms with E-state index in [0.717, 1.165) is 4.90 Å². The zero-order valence-corrected chi connectivity index (χ0v) is 5.40. The van der Waals surface area contributed by atoms with Crippen LogP contribution in [0.5, 0.6) is 0 Å². The third kappa shape index (κ3) is 1.02. The molecule has 0 unspecified atom stereocenters. The molecule has 56 valence electrons. The Kier molecular flexibility index (Phi) is 1.48. The molecular weight excluding hydrogens is 138 g/mol. The van der Waals surface area contributed by atoms with E-state index in [1.165, 1.54) is 7.11 Å². The van der Waals surface area contributed by atoms with E-state index in [0.29, 0.717) is 0 Å². The van der Waals surface area contributed by atoms with Crippen LogP contribution in [0.4, 0.5) is 4.79 Å². The first-order chi connectivity index (χ1) is 4.66. The van der Waals surface area contributed by atoms with Crippen LogP contribution >= 0.6 is 0 Å². The summed E-state index contributed by atoms with van der Waals surface area (Å²) in [6.07, 6.45) is -1.07. The number of hydrogen-bond acceptors (Lipinski definition) is 3. The average molecular weight is 145 g/mol. The van der Waals surface area contributed by atoms with E-state index >= 15 is 0 Å². The highest BCUT2D eigenvalue weighted by Gasteiger charge is 2.45. The SMILES string of the molecule is COC(=O)[C@@H]1CN1C(=O)O. The molecule has 0 spiro atoms. The molecule has 1 aliphatic heterocycles. The molecule has 0 aliphatic carbocycles. The lowest BCUT2D eigenvalue weighted by Gasteiger charge is -1.95. The van der Waals surface area contributed by atoms with Gasteiger partial charge in [0, 0.05) is 0 Å². The van der Waals surface area contributed by atoms with Crippen molar-refractivity contribution in [1.29, 1.82) is 0 Å². The molecule has 0 aromatic heterocycles. The van der Waals surface area contributed by atoms with Crippen LogP contribution in [0.2, 0.25) is 0 Å². The van der Waals surface area contributed by atoms with Gasteiger partial charge in [0.2, 0.25) is 0 Å². The first-order valence-corrected chi connectivity index (χ1v) is 2.74. The van der Waals surface area contributed by atoms with Crippen molar-refractivity contribution < 1.29 is 19.4 Å². The van der Waals surface area contributed by atoms with Gasteiger partial charge in [0.05, 0.1) is 13.7 Å². The van der Waals surface area contributed by atoms with Gasteiger partial charge in [-0.15, -0.1) is 0 Å². The number of carboxylic acid groups (broad SMARTS) is 1. The summed E-state index contributed by atoms with van der Waals surface area (Å²) < 4.78 is 4.31. The summed E-state index contributed by atoms with van der Waals surface area (Å²) in [4.78, 5) is 21.7. The highest BCUT2D eigenvalue weighted by Crippen LogP contribution is 2.17. The maximum atomic E-state index is 10.6. The van der Waals surface area contributed by atoms with E-state index in [2.05, 4.69) is 4.74 Å². The largest absolute Gasteiger partial charge is 0.467 e. The fraction of sp³-hybridized carbons (Fsp3) is 0.600. The second-order valence-electron chi connectivity index (χ2n) is 1.97. The van der Waals surface area contributed by atoms with Gasteiger partial charge in [0.1, 0.15) is 0 Å². The summed E-state index contributed by atoms with van der Waals surface area (Å²) in [6.45, 7) is 0.266. The molecule has 1 aliphatic rings. The zero-order valence-electron chi connectivity index (χ0n) is 5.40. The van der Waals surface area contributed by atoms with Crippen LogP contribution in [0.1, 0.15) is 0 Å². The first kappa shape index (κ1) is 6.85. The summed E-state index contributed by atoms with van der Waals surface area (Å²) in [6, 6.07) is -0.553. The van der Waals surface area contributed by atoms with Gasteiger partial charge in [-0.3, -0.25) is 4.90 Å². The van der Waals surface area contributed by atoms with E-state index in [9.17, 15) is 9.59 Å². The van der Waals surface area contributed by atoms with E-state index in [1.807, 2.05) is 0 Å². The third-order valence-electron chi connectivity index (χ3n) is 1.33. The Morgan fingerprint density at radius 1 is 1.70 bits per heavy atom. The molecule has 10 heavy (non-hydrogen) atoms. The van der Waals surface area contributed by atoms with Crippen LogP contribution in [0.25, 0.3) is 0 Å². The molecule has 0 aromatic carbocycles. The number of rotatable bonds is 1. The Morgan fingerprint density at radius 2 is 2.30 bits per heavy atom. The van der Waals surface area contributed by atoms with Crippen LogP contribution in [-0.4, -0.2) is 41.8 Å². The average Bonchev–Trinajstić information content (AvgIpc) is 2.64. The van der Waals surface area contributed by atoms with Crippen molar-refractivity contribution in [2.24, 2.45) is 0 Å². The maximum absolute atomic E-state index is 10.6. The van der Waals surface area contributed by atoms with Gasteiger partial charge in [0.25, 0.3) is 0 Å². The monoisotopic (exact) mass is 145 g/mol. The highest BCUT2D eigenvalue weighted by molar-refractivity contribution is 5.86. The Labute approximate surface area is 57.2 Å². The molecule has 5 heteroatoms. The predicted octanol–water partition coefficient (Wildman–Crippen LogP) is -0.478. The molecule has 0 bridgehead atoms. The normalized spacial score (nSPS) is 22.1. The third-order valence-corrected chi connectivity index (χ3v) is 1.33. The maximum Gasteiger partial charge on any atom is 0.408 e. The topological polar surface area (TPSA) is 66.6 Å². The van der Waals surface area contributed by atoms with E-state index in [-0.39, 0.29) is 6.54 Å². The second-order valence-corrected chi connectivity index (χ2v) is 1.97. The Hall–Kier alpha value is -1.26. The minimum absolute atomic E-state index is 0.266. The van der Waals surface area contributed by atoms with Crippen molar-refractivity contribution in [3.8, 4) is 0 Å². The zero-order chi connectivity index (χ0) is 7.72. The lowest BCUT2D eigenvalue weighted by Crippen LogP contribution is -2.17. The quantitative estimate of drug-likeness (QED) is 0.399. The predicted molar refractivity (Wildman–Crippen MR) is 30.5 cm³/mol. The molecule has 1 saturated heterocycles. The van der Waals surface area contributed by atoms with Gasteiger partial charge >= 0.3 is 12.1 Å². The molecule has 1 amide bonds. The molecule has 1 N–H and O–H groups in total. The van der Waals surface area contributed by atoms with Gasteiger partial charge < -0.3 is 9.84 Å². The van der Waals surface area contributed by atoms with Crippen molar-refractivity contribution in [1.82, 2.24) is 4.90 Å². The van der Waals surface area contributed by atoms with Crippen LogP contribution in [-0.2, 0) is 9.53 Å². The second kappa shape index (κ2) is 2.17. The first-order valence-electron chi connectivity index (χ1n) is 2.74. The molecule has 0 saturated carbocycles. The van der Waals surface area contributed by atoms with E-state index in [4.69, 9.17) is 5.11 Å². The number of esters is 1. The van der Waals surface area contributed by atoms with Crippen LogP contribution in [0, 0.1) is 0 Å². The minimum atomic E-state index is -1.07. The summed E-state index contributed by atoms with van der Waals surface area (Å²) in [7, 11) is 1.24. The Morgan fingerprint density at radius 3 is 2.60 bits per heavy atom. The molecule has 1 fully saturated rings. The van der Waals surface area contributed by atoms with Crippen molar-refractivity contribution in [3.63, 3.8) is 0 Å². The van der Waals surface area contributed by atoms with Crippen LogP contribution in [0.3, 0.4) is 0 Å². The fourth-order valence-corrected chi connectivity index (χ4v) is 0.688. The molecule has 5 nitrogen and oxygen atoms in total. The van der Waals surface area contributed by atoms with Crippen molar-refractivity contribution in [3.05, 3.63) is 0 Å². The number of carbonyl (C=O) groups excluding carboxylic acids is 1. The Bertz CT molecular complexity index is 178. The lowest BCUT2D eigenvalue weighted by molar-refractivity contribution is -0.140. The molecule has 0 aromatic rings. The van der Waals surface area contributed by atoms with Gasteiger partial charge in [-0.05, 0) is 0 Å². The molecule has 1 rings (SSSR count). The van der Waals surface area contributed by atoms with Crippen molar-refractivity contribution in [2.45, 2.75) is 6.04 Å². The fourth-order valence-electron chi connectivity index (χ4n) is 0.688. The Balaban J connectivity index is 2.38. The van der Waals surface area contributed by atoms with E-state index < -0.39 is 18.1 Å². The number of methoxy groups -OCH3 is 1. The molecule has 0 radical (unpaired) electrons. The number of amides is 1. The lowest BCUT2D eigenvalue weighted by atomic mass is 10.5.